The molecule has 0 bridgehead atoms. The van der Waals surface area contributed by atoms with Crippen LogP contribution >= 0.6 is 27.3 Å². The van der Waals surface area contributed by atoms with E-state index in [4.69, 9.17) is 5.73 Å². The summed E-state index contributed by atoms with van der Waals surface area (Å²) in [5, 5.41) is 0.928. The molecule has 1 aromatic carbocycles. The molecule has 1 aromatic heterocycles. The number of hydrogen-bond acceptors (Lipinski definition) is 4. The Morgan fingerprint density at radius 3 is 3.00 bits per heavy atom. The number of hydrogen-bond donors (Lipinski definition) is 1. The van der Waals surface area contributed by atoms with Crippen molar-refractivity contribution in [3.8, 4) is 10.6 Å². The van der Waals surface area contributed by atoms with Crippen molar-refractivity contribution in [1.29, 1.82) is 0 Å². The minimum Gasteiger partial charge on any atom is -0.325 e. The maximum atomic E-state index is 11.7. The highest BCUT2D eigenvalue weighted by atomic mass is 79.9. The standard InChI is InChI=1S/C13H12BrN3OS/c1-17-10-3-2-7(4-8(10)5-11(17)18)13-16-9(6-15)12(14)19-13/h2-4H,5-6,15H2,1H3. The van der Waals surface area contributed by atoms with Gasteiger partial charge in [-0.15, -0.1) is 11.3 Å². The molecule has 4 nitrogen and oxygen atoms in total. The van der Waals surface area contributed by atoms with Crippen molar-refractivity contribution in [2.75, 3.05) is 11.9 Å². The average molecular weight is 338 g/mol. The summed E-state index contributed by atoms with van der Waals surface area (Å²) in [5.74, 6) is 0.134. The van der Waals surface area contributed by atoms with Crippen molar-refractivity contribution in [3.05, 3.63) is 33.2 Å². The number of likely N-dealkylation sites (N-methyl/N-ethyl adjacent to an activating group) is 1. The second kappa shape index (κ2) is 4.70. The van der Waals surface area contributed by atoms with Gasteiger partial charge in [0.1, 0.15) is 5.01 Å². The summed E-state index contributed by atoms with van der Waals surface area (Å²) in [6, 6.07) is 6.02. The lowest BCUT2D eigenvalue weighted by atomic mass is 10.1. The van der Waals surface area contributed by atoms with E-state index in [0.717, 1.165) is 31.3 Å². The highest BCUT2D eigenvalue weighted by Gasteiger charge is 2.24. The van der Waals surface area contributed by atoms with E-state index in [2.05, 4.69) is 20.9 Å². The lowest BCUT2D eigenvalue weighted by molar-refractivity contribution is -0.117. The minimum absolute atomic E-state index is 0.134. The number of nitrogens with zero attached hydrogens (tertiary/aromatic N) is 2. The van der Waals surface area contributed by atoms with Crippen LogP contribution in [0.3, 0.4) is 0 Å². The summed E-state index contributed by atoms with van der Waals surface area (Å²) in [6.45, 7) is 0.420. The van der Waals surface area contributed by atoms with Crippen molar-refractivity contribution in [3.63, 3.8) is 0 Å². The molecule has 0 spiro atoms. The van der Waals surface area contributed by atoms with Crippen LogP contribution in [0.1, 0.15) is 11.3 Å². The maximum Gasteiger partial charge on any atom is 0.231 e. The molecule has 0 aliphatic carbocycles. The second-order valence-corrected chi connectivity index (χ2v) is 6.73. The van der Waals surface area contributed by atoms with Crippen molar-refractivity contribution >= 4 is 38.9 Å². The van der Waals surface area contributed by atoms with E-state index in [9.17, 15) is 4.79 Å². The minimum atomic E-state index is 0.134. The number of anilines is 1. The molecule has 3 rings (SSSR count). The van der Waals surface area contributed by atoms with E-state index >= 15 is 0 Å². The summed E-state index contributed by atoms with van der Waals surface area (Å²) < 4.78 is 0.971. The molecule has 6 heteroatoms. The van der Waals surface area contributed by atoms with E-state index in [-0.39, 0.29) is 5.91 Å². The number of aromatic nitrogens is 1. The number of fused-ring (bicyclic) bond motifs is 1. The molecule has 19 heavy (non-hydrogen) atoms. The molecule has 2 heterocycles. The van der Waals surface area contributed by atoms with Crippen molar-refractivity contribution in [2.45, 2.75) is 13.0 Å². The molecule has 0 saturated carbocycles. The molecule has 2 N–H and O–H groups in total. The van der Waals surface area contributed by atoms with Crippen LogP contribution < -0.4 is 10.6 Å². The first-order valence-corrected chi connectivity index (χ1v) is 7.46. The van der Waals surface area contributed by atoms with Crippen LogP contribution in [0.2, 0.25) is 0 Å². The number of rotatable bonds is 2. The zero-order chi connectivity index (χ0) is 13.6. The molecular weight excluding hydrogens is 326 g/mol. The summed E-state index contributed by atoms with van der Waals surface area (Å²) in [7, 11) is 1.81. The van der Waals surface area contributed by atoms with Gasteiger partial charge >= 0.3 is 0 Å². The topological polar surface area (TPSA) is 59.2 Å². The fraction of sp³-hybridized carbons (Fsp3) is 0.231. The van der Waals surface area contributed by atoms with Gasteiger partial charge in [0.15, 0.2) is 0 Å². The number of nitrogens with two attached hydrogens (primary N) is 1. The SMILES string of the molecule is CN1C(=O)Cc2cc(-c3nc(CN)c(Br)s3)ccc21. The Bertz CT molecular complexity index is 668. The van der Waals surface area contributed by atoms with Gasteiger partial charge in [0.2, 0.25) is 5.91 Å². The largest absolute Gasteiger partial charge is 0.325 e. The Labute approximate surface area is 123 Å². The van der Waals surface area contributed by atoms with Crippen LogP contribution in [-0.4, -0.2) is 17.9 Å². The van der Waals surface area contributed by atoms with Gasteiger partial charge in [-0.05, 0) is 39.7 Å². The van der Waals surface area contributed by atoms with Crippen LogP contribution in [0.15, 0.2) is 22.0 Å². The van der Waals surface area contributed by atoms with Gasteiger partial charge in [-0.2, -0.15) is 0 Å². The van der Waals surface area contributed by atoms with Gasteiger partial charge in [-0.1, -0.05) is 0 Å². The highest BCUT2D eigenvalue weighted by Crippen LogP contribution is 2.36. The van der Waals surface area contributed by atoms with Crippen molar-refractivity contribution in [2.24, 2.45) is 5.73 Å². The van der Waals surface area contributed by atoms with Gasteiger partial charge in [-0.3, -0.25) is 4.79 Å². The van der Waals surface area contributed by atoms with Gasteiger partial charge in [0.25, 0.3) is 0 Å². The normalized spacial score (nSPS) is 14.1. The molecule has 2 aromatic rings. The third-order valence-corrected chi connectivity index (χ3v) is 5.13. The first-order valence-electron chi connectivity index (χ1n) is 5.85. The molecular formula is C13H12BrN3OS. The number of thiazole rings is 1. The first kappa shape index (κ1) is 12.8. The Morgan fingerprint density at radius 1 is 1.53 bits per heavy atom. The highest BCUT2D eigenvalue weighted by molar-refractivity contribution is 9.11. The van der Waals surface area contributed by atoms with Crippen LogP contribution in [-0.2, 0) is 17.8 Å². The summed E-state index contributed by atoms with van der Waals surface area (Å²) >= 11 is 5.04. The molecule has 0 unspecified atom stereocenters. The van der Waals surface area contributed by atoms with Crippen molar-refractivity contribution < 1.29 is 4.79 Å². The lowest BCUT2D eigenvalue weighted by Gasteiger charge is -2.09. The molecule has 0 saturated heterocycles. The lowest BCUT2D eigenvalue weighted by Crippen LogP contribution is -2.20. The maximum absolute atomic E-state index is 11.7. The predicted molar refractivity (Wildman–Crippen MR) is 80.3 cm³/mol. The van der Waals surface area contributed by atoms with Gasteiger partial charge < -0.3 is 10.6 Å². The first-order chi connectivity index (χ1) is 9.10. The summed E-state index contributed by atoms with van der Waals surface area (Å²) in [6.07, 6.45) is 0.468. The van der Waals surface area contributed by atoms with E-state index < -0.39 is 0 Å². The van der Waals surface area contributed by atoms with Crippen molar-refractivity contribution in [1.82, 2.24) is 4.98 Å². The Morgan fingerprint density at radius 2 is 2.32 bits per heavy atom. The molecule has 98 valence electrons. The zero-order valence-corrected chi connectivity index (χ0v) is 12.7. The molecule has 1 amide bonds. The number of carbonyl (C=O) groups excluding carboxylic acids is 1. The van der Waals surface area contributed by atoms with Gasteiger partial charge in [0, 0.05) is 24.8 Å². The molecule has 0 radical (unpaired) electrons. The summed E-state index contributed by atoms with van der Waals surface area (Å²) in [5.41, 5.74) is 9.59. The van der Waals surface area contributed by atoms with Crippen LogP contribution in [0.5, 0.6) is 0 Å². The van der Waals surface area contributed by atoms with E-state index in [1.807, 2.05) is 18.2 Å². The van der Waals surface area contributed by atoms with Gasteiger partial charge in [0.05, 0.1) is 15.9 Å². The molecule has 0 fully saturated rings. The Balaban J connectivity index is 2.03. The van der Waals surface area contributed by atoms with Crippen LogP contribution in [0.25, 0.3) is 10.6 Å². The fourth-order valence-corrected chi connectivity index (χ4v) is 3.71. The van der Waals surface area contributed by atoms with E-state index in [1.54, 1.807) is 23.3 Å². The Hall–Kier alpha value is -1.24. The summed E-state index contributed by atoms with van der Waals surface area (Å²) in [4.78, 5) is 17.9. The average Bonchev–Trinajstić information content (AvgIpc) is 2.91. The van der Waals surface area contributed by atoms with E-state index in [0.29, 0.717) is 13.0 Å². The molecule has 1 aliphatic heterocycles. The van der Waals surface area contributed by atoms with E-state index in [1.165, 1.54) is 0 Å². The van der Waals surface area contributed by atoms with Gasteiger partial charge in [-0.25, -0.2) is 4.98 Å². The molecule has 1 aliphatic rings. The Kier molecular flexibility index (Phi) is 3.16. The predicted octanol–water partition coefficient (Wildman–Crippen LogP) is 2.55. The third kappa shape index (κ3) is 2.09. The number of benzene rings is 1. The second-order valence-electron chi connectivity index (χ2n) is 4.42. The zero-order valence-electron chi connectivity index (χ0n) is 10.3. The monoisotopic (exact) mass is 337 g/mol. The third-order valence-electron chi connectivity index (χ3n) is 3.25. The van der Waals surface area contributed by atoms with Crippen LogP contribution in [0, 0.1) is 0 Å². The number of carbonyl (C=O) groups is 1. The smallest absolute Gasteiger partial charge is 0.231 e. The quantitative estimate of drug-likeness (QED) is 0.916. The number of amides is 1. The van der Waals surface area contributed by atoms with Crippen LogP contribution in [0.4, 0.5) is 5.69 Å². The molecule has 0 atom stereocenters. The fourth-order valence-electron chi connectivity index (χ4n) is 2.19. The number of halogens is 1.